The van der Waals surface area contributed by atoms with Crippen LogP contribution in [0.5, 0.6) is 0 Å². The predicted molar refractivity (Wildman–Crippen MR) is 128 cm³/mol. The van der Waals surface area contributed by atoms with Gasteiger partial charge in [0.2, 0.25) is 0 Å². The van der Waals surface area contributed by atoms with Crippen LogP contribution in [0.2, 0.25) is 5.02 Å². The molecular weight excluding hydrogens is 424 g/mol. The predicted octanol–water partition coefficient (Wildman–Crippen LogP) is 2.68. The number of halogens is 1. The minimum absolute atomic E-state index is 0.0946. The van der Waals surface area contributed by atoms with Crippen LogP contribution >= 0.6 is 11.6 Å². The number of fused-ring (bicyclic) bond motifs is 1. The molecule has 0 radical (unpaired) electrons. The van der Waals surface area contributed by atoms with Gasteiger partial charge in [0, 0.05) is 45.0 Å². The van der Waals surface area contributed by atoms with Gasteiger partial charge in [0.05, 0.1) is 23.9 Å². The Labute approximate surface area is 193 Å². The van der Waals surface area contributed by atoms with Crippen LogP contribution < -0.4 is 10.2 Å². The summed E-state index contributed by atoms with van der Waals surface area (Å²) in [5, 5.41) is 4.10. The van der Waals surface area contributed by atoms with E-state index in [-0.39, 0.29) is 12.1 Å². The maximum Gasteiger partial charge on any atom is 0.185 e. The number of carbonyl (C=O) groups excluding carboxylic acids is 1. The summed E-state index contributed by atoms with van der Waals surface area (Å²) in [5.74, 6) is 1.02. The first-order valence-corrected chi connectivity index (χ1v) is 11.3. The fourth-order valence-corrected chi connectivity index (χ4v) is 4.71. The summed E-state index contributed by atoms with van der Waals surface area (Å²) in [6.07, 6.45) is 1.90. The molecule has 1 fully saturated rings. The van der Waals surface area contributed by atoms with E-state index in [4.69, 9.17) is 16.6 Å². The molecular formula is C24H27ClN6O. The Hall–Kier alpha value is -2.87. The van der Waals surface area contributed by atoms with E-state index in [1.807, 2.05) is 66.5 Å². The highest BCUT2D eigenvalue weighted by atomic mass is 35.5. The molecule has 0 spiro atoms. The number of carbonyl (C=O) groups is 1. The van der Waals surface area contributed by atoms with Crippen molar-refractivity contribution in [1.29, 1.82) is 0 Å². The van der Waals surface area contributed by atoms with E-state index in [9.17, 15) is 4.79 Å². The molecule has 1 N–H and O–H groups in total. The number of hydrogen-bond donors (Lipinski definition) is 1. The van der Waals surface area contributed by atoms with Crippen LogP contribution in [0.3, 0.4) is 0 Å². The number of para-hydroxylation sites is 1. The van der Waals surface area contributed by atoms with E-state index in [1.54, 1.807) is 0 Å². The molecule has 1 atom stereocenters. The lowest BCUT2D eigenvalue weighted by Crippen LogP contribution is -2.53. The standard InChI is InChI=1S/C24H27ClN6O/c1-28-17-29(16-22(32)18-7-3-2-4-8-18)15-21-23(28)27-24(30-13-11-26-12-14-30)31(21)20-10-6-5-9-19(20)25/h2-10,15,24,26H,11-14,16-17H2,1H3. The summed E-state index contributed by atoms with van der Waals surface area (Å²) in [6.45, 7) is 4.60. The SMILES string of the molecule is CN1CN(CC(=O)c2ccccc2)C=C2C1=NC(N1CCNCC1)N2c1ccccc1Cl. The van der Waals surface area contributed by atoms with Gasteiger partial charge < -0.3 is 20.0 Å². The molecule has 8 heteroatoms. The van der Waals surface area contributed by atoms with Crippen LogP contribution in [-0.4, -0.2) is 79.0 Å². The Morgan fingerprint density at radius 2 is 1.81 bits per heavy atom. The van der Waals surface area contributed by atoms with E-state index in [1.165, 1.54) is 0 Å². The number of amidine groups is 1. The topological polar surface area (TPSA) is 54.4 Å². The first kappa shape index (κ1) is 21.0. The summed E-state index contributed by atoms with van der Waals surface area (Å²) < 4.78 is 0. The van der Waals surface area contributed by atoms with Gasteiger partial charge in [-0.1, -0.05) is 54.1 Å². The van der Waals surface area contributed by atoms with Crippen molar-refractivity contribution in [1.82, 2.24) is 20.0 Å². The lowest BCUT2D eigenvalue weighted by atomic mass is 10.1. The monoisotopic (exact) mass is 450 g/mol. The van der Waals surface area contributed by atoms with Crippen molar-refractivity contribution < 1.29 is 4.79 Å². The maximum absolute atomic E-state index is 12.9. The minimum Gasteiger partial charge on any atom is -0.350 e. The molecule has 0 aliphatic carbocycles. The second-order valence-corrected chi connectivity index (χ2v) is 8.70. The summed E-state index contributed by atoms with van der Waals surface area (Å²) >= 11 is 6.64. The molecule has 166 valence electrons. The van der Waals surface area contributed by atoms with Crippen LogP contribution in [0.4, 0.5) is 5.69 Å². The van der Waals surface area contributed by atoms with Crippen LogP contribution in [-0.2, 0) is 0 Å². The first-order chi connectivity index (χ1) is 15.6. The normalized spacial score (nSPS) is 21.3. The van der Waals surface area contributed by atoms with Gasteiger partial charge in [-0.25, -0.2) is 4.99 Å². The number of likely N-dealkylation sites (N-methyl/N-ethyl adjacent to an activating group) is 1. The summed E-state index contributed by atoms with van der Waals surface area (Å²) in [5.41, 5.74) is 2.62. The number of Topliss-reactive ketones (excluding diaryl/α,β-unsaturated/α-hetero) is 1. The average Bonchev–Trinajstić information content (AvgIpc) is 3.20. The molecule has 0 amide bonds. The Morgan fingerprint density at radius 3 is 2.56 bits per heavy atom. The first-order valence-electron chi connectivity index (χ1n) is 10.9. The summed E-state index contributed by atoms with van der Waals surface area (Å²) in [7, 11) is 2.02. The van der Waals surface area contributed by atoms with Gasteiger partial charge in [-0.2, -0.15) is 0 Å². The molecule has 2 aromatic carbocycles. The van der Waals surface area contributed by atoms with Gasteiger partial charge in [-0.3, -0.25) is 9.69 Å². The van der Waals surface area contributed by atoms with Gasteiger partial charge in [0.1, 0.15) is 5.70 Å². The number of hydrogen-bond acceptors (Lipinski definition) is 7. The summed E-state index contributed by atoms with van der Waals surface area (Å²) in [6, 6.07) is 17.3. The van der Waals surface area contributed by atoms with Gasteiger partial charge in [0.15, 0.2) is 17.9 Å². The molecule has 5 rings (SSSR count). The molecule has 0 bridgehead atoms. The smallest absolute Gasteiger partial charge is 0.185 e. The molecule has 3 aliphatic rings. The van der Waals surface area contributed by atoms with Crippen molar-refractivity contribution >= 4 is 28.9 Å². The number of aliphatic imine (C=N–C) groups is 1. The highest BCUT2D eigenvalue weighted by Gasteiger charge is 2.40. The number of nitrogens with one attached hydrogen (secondary N) is 1. The molecule has 3 aliphatic heterocycles. The fourth-order valence-electron chi connectivity index (χ4n) is 4.49. The Morgan fingerprint density at radius 1 is 1.09 bits per heavy atom. The second kappa shape index (κ2) is 8.94. The zero-order valence-corrected chi connectivity index (χ0v) is 18.9. The van der Waals surface area contributed by atoms with Crippen molar-refractivity contribution in [3.63, 3.8) is 0 Å². The van der Waals surface area contributed by atoms with E-state index in [0.717, 1.165) is 49.0 Å². The van der Waals surface area contributed by atoms with Crippen molar-refractivity contribution in [3.8, 4) is 0 Å². The van der Waals surface area contributed by atoms with Gasteiger partial charge >= 0.3 is 0 Å². The number of rotatable bonds is 5. The largest absolute Gasteiger partial charge is 0.350 e. The lowest BCUT2D eigenvalue weighted by Gasteiger charge is -2.39. The van der Waals surface area contributed by atoms with Crippen molar-refractivity contribution in [3.05, 3.63) is 77.1 Å². The third-order valence-electron chi connectivity index (χ3n) is 6.05. The lowest BCUT2D eigenvalue weighted by molar-refractivity contribution is 0.0938. The van der Waals surface area contributed by atoms with Crippen molar-refractivity contribution in [2.45, 2.75) is 6.29 Å². The van der Waals surface area contributed by atoms with Gasteiger partial charge in [-0.15, -0.1) is 0 Å². The van der Waals surface area contributed by atoms with E-state index < -0.39 is 0 Å². The molecule has 0 saturated carbocycles. The third-order valence-corrected chi connectivity index (χ3v) is 6.37. The van der Waals surface area contributed by atoms with Crippen molar-refractivity contribution in [2.75, 3.05) is 51.3 Å². The highest BCUT2D eigenvalue weighted by molar-refractivity contribution is 6.33. The third kappa shape index (κ3) is 3.99. The van der Waals surface area contributed by atoms with Crippen LogP contribution in [0.1, 0.15) is 10.4 Å². The van der Waals surface area contributed by atoms with E-state index in [2.05, 4.69) is 26.2 Å². The zero-order chi connectivity index (χ0) is 22.1. The van der Waals surface area contributed by atoms with Gasteiger partial charge in [0.25, 0.3) is 0 Å². The number of anilines is 1. The maximum atomic E-state index is 12.9. The molecule has 32 heavy (non-hydrogen) atoms. The fraction of sp³-hybridized carbons (Fsp3) is 0.333. The Balaban J connectivity index is 1.49. The Bertz CT molecular complexity index is 1050. The molecule has 1 saturated heterocycles. The van der Waals surface area contributed by atoms with Crippen LogP contribution in [0, 0.1) is 0 Å². The van der Waals surface area contributed by atoms with Crippen molar-refractivity contribution in [2.24, 2.45) is 4.99 Å². The Kier molecular flexibility index (Phi) is 5.87. The average molecular weight is 451 g/mol. The van der Waals surface area contributed by atoms with Crippen LogP contribution in [0.15, 0.2) is 71.5 Å². The molecule has 0 aromatic heterocycles. The number of ketones is 1. The number of nitrogens with zero attached hydrogens (tertiary/aromatic N) is 5. The zero-order valence-electron chi connectivity index (χ0n) is 18.1. The van der Waals surface area contributed by atoms with Gasteiger partial charge in [-0.05, 0) is 12.1 Å². The van der Waals surface area contributed by atoms with E-state index in [0.29, 0.717) is 18.2 Å². The van der Waals surface area contributed by atoms with E-state index >= 15 is 0 Å². The number of benzene rings is 2. The molecule has 3 heterocycles. The quantitative estimate of drug-likeness (QED) is 0.707. The van der Waals surface area contributed by atoms with Crippen LogP contribution in [0.25, 0.3) is 0 Å². The highest BCUT2D eigenvalue weighted by Crippen LogP contribution is 2.37. The molecule has 1 unspecified atom stereocenters. The summed E-state index contributed by atoms with van der Waals surface area (Å²) in [4.78, 5) is 26.7. The minimum atomic E-state index is -0.162. The molecule has 7 nitrogen and oxygen atoms in total. The molecule has 2 aromatic rings. The number of piperazine rings is 1. The second-order valence-electron chi connectivity index (χ2n) is 8.30.